The second kappa shape index (κ2) is 4.65. The van der Waals surface area contributed by atoms with Crippen molar-refractivity contribution in [1.82, 2.24) is 4.57 Å². The fourth-order valence-corrected chi connectivity index (χ4v) is 1.72. The van der Waals surface area contributed by atoms with Crippen LogP contribution in [0.1, 0.15) is 37.6 Å². The summed E-state index contributed by atoms with van der Waals surface area (Å²) in [6.45, 7) is 6.07. The fraction of sp³-hybridized carbons (Fsp3) is 0.545. The maximum atomic E-state index is 11.9. The lowest BCUT2D eigenvalue weighted by atomic mass is 10.2. The zero-order valence-corrected chi connectivity index (χ0v) is 9.64. The van der Waals surface area contributed by atoms with E-state index in [-0.39, 0.29) is 17.5 Å². The number of alkyl halides is 1. The number of nitrogens with zero attached hydrogens (tertiary/aromatic N) is 1. The molecule has 0 fully saturated rings. The van der Waals surface area contributed by atoms with Gasteiger partial charge >= 0.3 is 0 Å². The highest BCUT2D eigenvalue weighted by atomic mass is 35.5. The molecule has 0 N–H and O–H groups in total. The Hall–Kier alpha value is -0.760. The molecule has 1 heterocycles. The molecule has 1 unspecified atom stereocenters. The summed E-state index contributed by atoms with van der Waals surface area (Å²) in [5.74, 6) is 0.287. The van der Waals surface area contributed by atoms with E-state index in [1.807, 2.05) is 30.5 Å². The number of aromatic nitrogens is 1. The number of pyridine rings is 1. The van der Waals surface area contributed by atoms with Gasteiger partial charge in [-0.3, -0.25) is 4.79 Å². The Labute approximate surface area is 89.5 Å². The van der Waals surface area contributed by atoms with Crippen molar-refractivity contribution >= 4 is 11.6 Å². The zero-order chi connectivity index (χ0) is 10.7. The molecular weight excluding hydrogens is 198 g/mol. The molecule has 0 aliphatic heterocycles. The van der Waals surface area contributed by atoms with Crippen LogP contribution in [0.3, 0.4) is 0 Å². The summed E-state index contributed by atoms with van der Waals surface area (Å²) >= 11 is 5.69. The Morgan fingerprint density at radius 3 is 2.64 bits per heavy atom. The van der Waals surface area contributed by atoms with E-state index < -0.39 is 0 Å². The first-order valence-electron chi connectivity index (χ1n) is 4.88. The van der Waals surface area contributed by atoms with Crippen molar-refractivity contribution in [3.05, 3.63) is 33.7 Å². The third kappa shape index (κ3) is 2.01. The van der Waals surface area contributed by atoms with Crippen LogP contribution in [0.2, 0.25) is 0 Å². The van der Waals surface area contributed by atoms with Gasteiger partial charge < -0.3 is 4.57 Å². The van der Waals surface area contributed by atoms with Crippen LogP contribution in [-0.4, -0.2) is 4.57 Å². The van der Waals surface area contributed by atoms with Crippen LogP contribution < -0.4 is 5.56 Å². The molecule has 0 aliphatic rings. The molecule has 78 valence electrons. The molecule has 1 aromatic rings. The molecule has 0 saturated carbocycles. The largest absolute Gasteiger partial charge is 0.310 e. The van der Waals surface area contributed by atoms with Crippen molar-refractivity contribution < 1.29 is 0 Å². The van der Waals surface area contributed by atoms with Gasteiger partial charge in [0.25, 0.3) is 5.56 Å². The first kappa shape index (κ1) is 11.3. The fourth-order valence-electron chi connectivity index (χ4n) is 1.52. The summed E-state index contributed by atoms with van der Waals surface area (Å²) < 4.78 is 1.82. The van der Waals surface area contributed by atoms with Crippen LogP contribution in [0.15, 0.2) is 16.9 Å². The van der Waals surface area contributed by atoms with Gasteiger partial charge in [0.2, 0.25) is 0 Å². The van der Waals surface area contributed by atoms with Crippen LogP contribution in [0.5, 0.6) is 0 Å². The van der Waals surface area contributed by atoms with Crippen molar-refractivity contribution in [3.63, 3.8) is 0 Å². The maximum absolute atomic E-state index is 11.9. The number of rotatable bonds is 3. The van der Waals surface area contributed by atoms with E-state index in [1.54, 1.807) is 0 Å². The lowest BCUT2D eigenvalue weighted by Gasteiger charge is -2.17. The van der Waals surface area contributed by atoms with Crippen LogP contribution in [-0.2, 0) is 5.88 Å². The summed E-state index contributed by atoms with van der Waals surface area (Å²) in [4.78, 5) is 11.9. The second-order valence-electron chi connectivity index (χ2n) is 3.57. The van der Waals surface area contributed by atoms with E-state index in [2.05, 4.69) is 6.92 Å². The highest BCUT2D eigenvalue weighted by Gasteiger charge is 2.09. The standard InChI is InChI=1S/C11H16ClNO/c1-4-8(2)13-9(3)5-6-10(7-12)11(13)14/h5-6,8H,4,7H2,1-3H3. The smallest absolute Gasteiger partial charge is 0.255 e. The molecule has 0 aromatic carbocycles. The van der Waals surface area contributed by atoms with Crippen molar-refractivity contribution in [3.8, 4) is 0 Å². The van der Waals surface area contributed by atoms with Gasteiger partial charge in [0.1, 0.15) is 0 Å². The van der Waals surface area contributed by atoms with Crippen LogP contribution in [0.4, 0.5) is 0 Å². The summed E-state index contributed by atoms with van der Waals surface area (Å²) in [5.41, 5.74) is 1.73. The summed E-state index contributed by atoms with van der Waals surface area (Å²) in [5, 5.41) is 0. The average Bonchev–Trinajstić information content (AvgIpc) is 2.18. The molecule has 0 radical (unpaired) electrons. The molecule has 1 aromatic heterocycles. The summed E-state index contributed by atoms with van der Waals surface area (Å²) in [6.07, 6.45) is 0.951. The van der Waals surface area contributed by atoms with E-state index in [9.17, 15) is 4.79 Å². The number of halogens is 1. The summed E-state index contributed by atoms with van der Waals surface area (Å²) in [7, 11) is 0. The van der Waals surface area contributed by atoms with Gasteiger partial charge in [-0.25, -0.2) is 0 Å². The Kier molecular flexibility index (Phi) is 3.76. The van der Waals surface area contributed by atoms with Gasteiger partial charge in [0.15, 0.2) is 0 Å². The Bertz CT molecular complexity index is 370. The topological polar surface area (TPSA) is 22.0 Å². The Morgan fingerprint density at radius 2 is 2.14 bits per heavy atom. The predicted molar refractivity (Wildman–Crippen MR) is 60.0 cm³/mol. The van der Waals surface area contributed by atoms with Crippen molar-refractivity contribution in [2.24, 2.45) is 0 Å². The number of aryl methyl sites for hydroxylation is 1. The third-order valence-corrected chi connectivity index (χ3v) is 2.86. The maximum Gasteiger partial charge on any atom is 0.255 e. The molecule has 1 rings (SSSR count). The average molecular weight is 214 g/mol. The van der Waals surface area contributed by atoms with Gasteiger partial charge in [-0.05, 0) is 26.3 Å². The zero-order valence-electron chi connectivity index (χ0n) is 8.88. The van der Waals surface area contributed by atoms with E-state index in [0.29, 0.717) is 5.56 Å². The molecule has 2 nitrogen and oxygen atoms in total. The molecule has 0 aliphatic carbocycles. The van der Waals surface area contributed by atoms with Gasteiger partial charge in [-0.2, -0.15) is 0 Å². The van der Waals surface area contributed by atoms with Crippen molar-refractivity contribution in [1.29, 1.82) is 0 Å². The molecule has 0 spiro atoms. The lowest BCUT2D eigenvalue weighted by molar-refractivity contribution is 0.500. The molecule has 1 atom stereocenters. The van der Waals surface area contributed by atoms with E-state index in [0.717, 1.165) is 12.1 Å². The second-order valence-corrected chi connectivity index (χ2v) is 3.83. The molecule has 0 bridgehead atoms. The van der Waals surface area contributed by atoms with Gasteiger partial charge in [-0.1, -0.05) is 13.0 Å². The van der Waals surface area contributed by atoms with E-state index >= 15 is 0 Å². The molecular formula is C11H16ClNO. The Morgan fingerprint density at radius 1 is 1.50 bits per heavy atom. The molecule has 0 saturated heterocycles. The Balaban J connectivity index is 3.33. The van der Waals surface area contributed by atoms with Gasteiger partial charge in [-0.15, -0.1) is 11.6 Å². The minimum Gasteiger partial charge on any atom is -0.310 e. The van der Waals surface area contributed by atoms with E-state index in [4.69, 9.17) is 11.6 Å². The van der Waals surface area contributed by atoms with Crippen LogP contribution in [0, 0.1) is 6.92 Å². The SMILES string of the molecule is CCC(C)n1c(C)ccc(CCl)c1=O. The highest BCUT2D eigenvalue weighted by molar-refractivity contribution is 6.17. The summed E-state index contributed by atoms with van der Waals surface area (Å²) in [6, 6.07) is 4.00. The molecule has 14 heavy (non-hydrogen) atoms. The number of hydrogen-bond donors (Lipinski definition) is 0. The minimum absolute atomic E-state index is 0.0503. The first-order valence-corrected chi connectivity index (χ1v) is 5.42. The first-order chi connectivity index (χ1) is 6.61. The predicted octanol–water partition coefficient (Wildman–Crippen LogP) is 2.87. The quantitative estimate of drug-likeness (QED) is 0.708. The van der Waals surface area contributed by atoms with Crippen molar-refractivity contribution in [2.75, 3.05) is 0 Å². The normalized spacial score (nSPS) is 12.9. The third-order valence-electron chi connectivity index (χ3n) is 2.57. The van der Waals surface area contributed by atoms with Crippen molar-refractivity contribution in [2.45, 2.75) is 39.1 Å². The highest BCUT2D eigenvalue weighted by Crippen LogP contribution is 2.11. The van der Waals surface area contributed by atoms with Crippen LogP contribution >= 0.6 is 11.6 Å². The molecule has 0 amide bonds. The van der Waals surface area contributed by atoms with Gasteiger partial charge in [0, 0.05) is 17.3 Å². The number of hydrogen-bond acceptors (Lipinski definition) is 1. The lowest BCUT2D eigenvalue weighted by Crippen LogP contribution is -2.27. The minimum atomic E-state index is 0.0503. The monoisotopic (exact) mass is 213 g/mol. The van der Waals surface area contributed by atoms with Crippen LogP contribution in [0.25, 0.3) is 0 Å². The van der Waals surface area contributed by atoms with E-state index in [1.165, 1.54) is 0 Å². The van der Waals surface area contributed by atoms with Gasteiger partial charge in [0.05, 0.1) is 5.88 Å². The molecule has 3 heteroatoms.